The van der Waals surface area contributed by atoms with Crippen LogP contribution in [0.5, 0.6) is 0 Å². The molecule has 13 nitrogen and oxygen atoms in total. The number of amides is 1. The lowest BCUT2D eigenvalue weighted by molar-refractivity contribution is -0.184. The van der Waals surface area contributed by atoms with Crippen LogP contribution in [0, 0.1) is 5.92 Å². The monoisotopic (exact) mass is 491 g/mol. The van der Waals surface area contributed by atoms with Gasteiger partial charge in [-0.1, -0.05) is 13.8 Å². The van der Waals surface area contributed by atoms with Crippen molar-refractivity contribution in [2.24, 2.45) is 5.92 Å². The second-order valence-electron chi connectivity index (χ2n) is 8.69. The zero-order valence-corrected chi connectivity index (χ0v) is 20.4. The first-order chi connectivity index (χ1) is 16.3. The van der Waals surface area contributed by atoms with Gasteiger partial charge in [-0.05, 0) is 6.92 Å². The number of nitrogens with two attached hydrogens (primary N) is 1. The van der Waals surface area contributed by atoms with Crippen molar-refractivity contribution in [3.05, 3.63) is 12.5 Å². The molecule has 0 aromatic carbocycles. The molecule has 1 fully saturated rings. The normalized spacial score (nSPS) is 23.8. The fraction of sp³-hybridized carbons (Fsp3) is 0.545. The maximum atomic E-state index is 12.4. The number of carbonyl (C=O) groups excluding carboxylic acids is 4. The second-order valence-corrected chi connectivity index (χ2v) is 8.69. The zero-order chi connectivity index (χ0) is 26.1. The van der Waals surface area contributed by atoms with Crippen LogP contribution >= 0.6 is 0 Å². The first-order valence-electron chi connectivity index (χ1n) is 10.9. The summed E-state index contributed by atoms with van der Waals surface area (Å²) in [6.07, 6.45) is -0.472. The molecule has 13 heteroatoms. The number of anilines is 2. The molecule has 1 amide bonds. The maximum absolute atomic E-state index is 12.4. The van der Waals surface area contributed by atoms with Gasteiger partial charge in [-0.3, -0.25) is 23.7 Å². The summed E-state index contributed by atoms with van der Waals surface area (Å²) in [5.74, 6) is -2.38. The molecule has 0 spiro atoms. The number of esters is 3. The zero-order valence-electron chi connectivity index (χ0n) is 20.4. The van der Waals surface area contributed by atoms with Crippen LogP contribution in [0.2, 0.25) is 0 Å². The number of nitrogens with zero attached hydrogens (tertiary/aromatic N) is 3. The third kappa shape index (κ3) is 5.19. The smallest absolute Gasteiger partial charge is 0.303 e. The summed E-state index contributed by atoms with van der Waals surface area (Å²) in [6, 6.07) is 0. The standard InChI is InChI=1S/C22H29N5O8/c1-10(2)20(31)26-14-7-27(19-16(14)18(23)24-9-25-19)21-22(6,35-13(5)30)17(33-12(4)29)15(34-21)8-32-11(3)28/h7,9-10,15,17,21H,8H2,1-6H3,(H,26,31)(H2,23,24,25). The van der Waals surface area contributed by atoms with Crippen LogP contribution < -0.4 is 11.1 Å². The second kappa shape index (κ2) is 9.86. The third-order valence-corrected chi connectivity index (χ3v) is 5.48. The number of nitrogens with one attached hydrogen (secondary N) is 1. The summed E-state index contributed by atoms with van der Waals surface area (Å²) in [5.41, 5.74) is 5.12. The van der Waals surface area contributed by atoms with Crippen molar-refractivity contribution < 1.29 is 38.1 Å². The highest BCUT2D eigenvalue weighted by atomic mass is 16.7. The van der Waals surface area contributed by atoms with Crippen LogP contribution in [-0.2, 0) is 38.1 Å². The number of rotatable bonds is 7. The molecule has 0 aliphatic carbocycles. The summed E-state index contributed by atoms with van der Waals surface area (Å²) < 4.78 is 23.9. The molecular weight excluding hydrogens is 462 g/mol. The van der Waals surface area contributed by atoms with Crippen molar-refractivity contribution in [1.82, 2.24) is 14.5 Å². The Morgan fingerprint density at radius 2 is 1.86 bits per heavy atom. The number of hydrogen-bond donors (Lipinski definition) is 2. The van der Waals surface area contributed by atoms with Crippen LogP contribution in [0.1, 0.15) is 47.8 Å². The quantitative estimate of drug-likeness (QED) is 0.422. The van der Waals surface area contributed by atoms with Crippen molar-refractivity contribution in [3.63, 3.8) is 0 Å². The summed E-state index contributed by atoms with van der Waals surface area (Å²) >= 11 is 0. The van der Waals surface area contributed by atoms with Crippen molar-refractivity contribution in [2.45, 2.75) is 65.6 Å². The molecule has 1 aliphatic rings. The Labute approximate surface area is 201 Å². The van der Waals surface area contributed by atoms with E-state index in [0.717, 1.165) is 0 Å². The molecular formula is C22H29N5O8. The molecule has 1 aliphatic heterocycles. The van der Waals surface area contributed by atoms with Gasteiger partial charge < -0.3 is 30.0 Å². The van der Waals surface area contributed by atoms with Crippen molar-refractivity contribution in [1.29, 1.82) is 0 Å². The topological polar surface area (TPSA) is 174 Å². The Morgan fingerprint density at radius 3 is 2.43 bits per heavy atom. The van der Waals surface area contributed by atoms with E-state index in [1.807, 2.05) is 0 Å². The number of hydrogen-bond acceptors (Lipinski definition) is 11. The number of carbonyl (C=O) groups is 4. The van der Waals surface area contributed by atoms with Crippen LogP contribution in [0.4, 0.5) is 11.5 Å². The van der Waals surface area contributed by atoms with Gasteiger partial charge in [0.2, 0.25) is 5.91 Å². The lowest BCUT2D eigenvalue weighted by Crippen LogP contribution is -2.50. The van der Waals surface area contributed by atoms with Crippen LogP contribution in [0.25, 0.3) is 11.0 Å². The first-order valence-corrected chi connectivity index (χ1v) is 10.9. The Morgan fingerprint density at radius 1 is 1.17 bits per heavy atom. The molecule has 35 heavy (non-hydrogen) atoms. The molecule has 0 saturated carbocycles. The maximum Gasteiger partial charge on any atom is 0.303 e. The minimum absolute atomic E-state index is 0.105. The number of fused-ring (bicyclic) bond motifs is 1. The van der Waals surface area contributed by atoms with E-state index in [2.05, 4.69) is 15.3 Å². The molecule has 4 atom stereocenters. The Balaban J connectivity index is 2.18. The minimum Gasteiger partial charge on any atom is -0.463 e. The number of ether oxygens (including phenoxy) is 4. The van der Waals surface area contributed by atoms with Gasteiger partial charge in [0, 0.05) is 32.9 Å². The fourth-order valence-corrected chi connectivity index (χ4v) is 4.00. The van der Waals surface area contributed by atoms with E-state index in [1.54, 1.807) is 13.8 Å². The molecule has 3 N–H and O–H groups in total. The van der Waals surface area contributed by atoms with Crippen molar-refractivity contribution in [3.8, 4) is 0 Å². The Bertz CT molecular complexity index is 1160. The van der Waals surface area contributed by atoms with Crippen LogP contribution in [-0.4, -0.2) is 62.8 Å². The molecule has 3 rings (SSSR count). The summed E-state index contributed by atoms with van der Waals surface area (Å²) in [4.78, 5) is 56.2. The highest BCUT2D eigenvalue weighted by Gasteiger charge is 2.60. The van der Waals surface area contributed by atoms with Gasteiger partial charge in [-0.2, -0.15) is 0 Å². The SMILES string of the molecule is CC(=O)OCC1OC(n2cc(NC(=O)C(C)C)c3c(N)ncnc32)C(C)(OC(C)=O)C1OC(C)=O. The molecule has 2 aromatic rings. The van der Waals surface area contributed by atoms with Crippen LogP contribution in [0.15, 0.2) is 12.5 Å². The van der Waals surface area contributed by atoms with E-state index < -0.39 is 41.9 Å². The van der Waals surface area contributed by atoms with Crippen molar-refractivity contribution >= 4 is 46.4 Å². The predicted molar refractivity (Wildman–Crippen MR) is 122 cm³/mol. The van der Waals surface area contributed by atoms with Gasteiger partial charge in [-0.25, -0.2) is 9.97 Å². The lowest BCUT2D eigenvalue weighted by atomic mass is 9.95. The molecule has 190 valence electrons. The lowest BCUT2D eigenvalue weighted by Gasteiger charge is -2.34. The summed E-state index contributed by atoms with van der Waals surface area (Å²) in [6.45, 7) is 8.35. The van der Waals surface area contributed by atoms with E-state index in [4.69, 9.17) is 24.7 Å². The summed E-state index contributed by atoms with van der Waals surface area (Å²) in [5, 5.41) is 3.14. The first kappa shape index (κ1) is 25.9. The van der Waals surface area contributed by atoms with Gasteiger partial charge in [0.1, 0.15) is 30.5 Å². The van der Waals surface area contributed by atoms with Crippen LogP contribution in [0.3, 0.4) is 0 Å². The van der Waals surface area contributed by atoms with Crippen molar-refractivity contribution in [2.75, 3.05) is 17.7 Å². The van der Waals surface area contributed by atoms with Gasteiger partial charge in [0.25, 0.3) is 0 Å². The highest BCUT2D eigenvalue weighted by Crippen LogP contribution is 2.45. The molecule has 0 radical (unpaired) electrons. The van der Waals surface area contributed by atoms with E-state index >= 15 is 0 Å². The molecule has 4 unspecified atom stereocenters. The average molecular weight is 492 g/mol. The van der Waals surface area contributed by atoms with E-state index in [-0.39, 0.29) is 29.9 Å². The fourth-order valence-electron chi connectivity index (χ4n) is 4.00. The Kier molecular flexibility index (Phi) is 7.29. The molecule has 2 aromatic heterocycles. The molecule has 3 heterocycles. The van der Waals surface area contributed by atoms with Gasteiger partial charge >= 0.3 is 17.9 Å². The average Bonchev–Trinajstić information content (AvgIpc) is 3.22. The van der Waals surface area contributed by atoms with E-state index in [0.29, 0.717) is 11.1 Å². The largest absolute Gasteiger partial charge is 0.463 e. The van der Waals surface area contributed by atoms with Gasteiger partial charge in [0.15, 0.2) is 17.9 Å². The van der Waals surface area contributed by atoms with E-state index in [9.17, 15) is 19.2 Å². The highest BCUT2D eigenvalue weighted by molar-refractivity contribution is 6.05. The predicted octanol–water partition coefficient (Wildman–Crippen LogP) is 1.32. The third-order valence-electron chi connectivity index (χ3n) is 5.48. The number of aromatic nitrogens is 3. The van der Waals surface area contributed by atoms with Gasteiger partial charge in [0.05, 0.1) is 11.1 Å². The minimum atomic E-state index is -1.58. The summed E-state index contributed by atoms with van der Waals surface area (Å²) in [7, 11) is 0. The van der Waals surface area contributed by atoms with E-state index in [1.165, 1.54) is 44.8 Å². The molecule has 0 bridgehead atoms. The molecule has 1 saturated heterocycles. The number of nitrogen functional groups attached to an aromatic ring is 1. The Hall–Kier alpha value is -3.74. The van der Waals surface area contributed by atoms with Gasteiger partial charge in [-0.15, -0.1) is 0 Å².